The van der Waals surface area contributed by atoms with E-state index >= 15 is 0 Å². The highest BCUT2D eigenvalue weighted by Gasteiger charge is 2.12. The molecule has 2 heterocycles. The van der Waals surface area contributed by atoms with Crippen molar-refractivity contribution >= 4 is 34.2 Å². The molecule has 0 unspecified atom stereocenters. The van der Waals surface area contributed by atoms with Gasteiger partial charge in [-0.25, -0.2) is 0 Å². The van der Waals surface area contributed by atoms with Gasteiger partial charge in [-0.05, 0) is 58.1 Å². The summed E-state index contributed by atoms with van der Waals surface area (Å²) in [6.45, 7) is 12.0. The third kappa shape index (κ3) is 4.81. The van der Waals surface area contributed by atoms with Crippen LogP contribution in [-0.4, -0.2) is 40.6 Å². The molecule has 3 rings (SSSR count). The minimum Gasteiger partial charge on any atom is -0.342 e. The van der Waals surface area contributed by atoms with E-state index in [1.165, 1.54) is 41.2 Å². The first kappa shape index (κ1) is 21.7. The predicted octanol–water partition coefficient (Wildman–Crippen LogP) is 4.67. The zero-order valence-electron chi connectivity index (χ0n) is 17.1. The normalized spacial score (nSPS) is 11.4. The molecular weight excluding hydrogens is 356 g/mol. The van der Waals surface area contributed by atoms with Gasteiger partial charge in [-0.15, -0.1) is 12.4 Å². The molecule has 0 atom stereocenters. The zero-order valence-corrected chi connectivity index (χ0v) is 17.9. The lowest BCUT2D eigenvalue weighted by Gasteiger charge is -2.17. The topological polar surface area (TPSA) is 33.1 Å². The smallest absolute Gasteiger partial charge is 0.0705 e. The zero-order chi connectivity index (χ0) is 18.5. The third-order valence-electron chi connectivity index (χ3n) is 5.39. The highest BCUT2D eigenvalue weighted by molar-refractivity contribution is 6.08. The maximum atomic E-state index is 4.84. The monoisotopic (exact) mass is 388 g/mol. The molecular formula is C22H33ClN4. The summed E-state index contributed by atoms with van der Waals surface area (Å²) in [7, 11) is 2.13. The largest absolute Gasteiger partial charge is 0.342 e. The second-order valence-electron chi connectivity index (χ2n) is 7.08. The first-order valence-corrected chi connectivity index (χ1v) is 9.92. The van der Waals surface area contributed by atoms with E-state index in [-0.39, 0.29) is 12.4 Å². The highest BCUT2D eigenvalue weighted by atomic mass is 35.5. The lowest BCUT2D eigenvalue weighted by Crippen LogP contribution is -2.25. The van der Waals surface area contributed by atoms with Gasteiger partial charge in [-0.3, -0.25) is 4.98 Å². The summed E-state index contributed by atoms with van der Waals surface area (Å²) in [6, 6.07) is 10.9. The minimum atomic E-state index is 0. The summed E-state index contributed by atoms with van der Waals surface area (Å²) in [6.07, 6.45) is 2.47. The number of halogens is 1. The molecule has 0 aliphatic heterocycles. The van der Waals surface area contributed by atoms with Gasteiger partial charge < -0.3 is 14.8 Å². The minimum absolute atomic E-state index is 0. The Labute approximate surface area is 169 Å². The van der Waals surface area contributed by atoms with Gasteiger partial charge in [0.05, 0.1) is 16.9 Å². The molecule has 0 saturated carbocycles. The van der Waals surface area contributed by atoms with E-state index in [0.717, 1.165) is 37.6 Å². The van der Waals surface area contributed by atoms with Crippen LogP contribution in [0.25, 0.3) is 21.8 Å². The molecule has 0 radical (unpaired) electrons. The lowest BCUT2D eigenvalue weighted by atomic mass is 10.1. The van der Waals surface area contributed by atoms with Gasteiger partial charge in [0.2, 0.25) is 0 Å². The number of benzene rings is 1. The second-order valence-corrected chi connectivity index (χ2v) is 7.08. The highest BCUT2D eigenvalue weighted by Crippen LogP contribution is 2.29. The first-order valence-electron chi connectivity index (χ1n) is 9.92. The molecule has 148 valence electrons. The van der Waals surface area contributed by atoms with Crippen molar-refractivity contribution in [2.75, 3.05) is 26.2 Å². The molecule has 1 aromatic carbocycles. The lowest BCUT2D eigenvalue weighted by molar-refractivity contribution is 0.296. The Morgan fingerprint density at radius 2 is 1.81 bits per heavy atom. The van der Waals surface area contributed by atoms with E-state index in [2.05, 4.69) is 72.9 Å². The van der Waals surface area contributed by atoms with Crippen molar-refractivity contribution in [1.82, 2.24) is 19.8 Å². The predicted molar refractivity (Wildman–Crippen MR) is 119 cm³/mol. The molecule has 0 aliphatic rings. The molecule has 5 heteroatoms. The van der Waals surface area contributed by atoms with E-state index in [0.29, 0.717) is 0 Å². The molecule has 27 heavy (non-hydrogen) atoms. The molecule has 0 fully saturated rings. The number of aromatic nitrogens is 2. The van der Waals surface area contributed by atoms with Gasteiger partial charge in [-0.1, -0.05) is 32.0 Å². The first-order chi connectivity index (χ1) is 12.7. The van der Waals surface area contributed by atoms with Crippen LogP contribution in [0.4, 0.5) is 0 Å². The van der Waals surface area contributed by atoms with Gasteiger partial charge in [0.1, 0.15) is 0 Å². The molecule has 0 bridgehead atoms. The number of aryl methyl sites for hydroxylation is 2. The van der Waals surface area contributed by atoms with Crippen LogP contribution in [0.1, 0.15) is 38.1 Å². The fourth-order valence-electron chi connectivity index (χ4n) is 3.91. The van der Waals surface area contributed by atoms with Crippen LogP contribution in [0.2, 0.25) is 0 Å². The summed E-state index contributed by atoms with van der Waals surface area (Å²) in [5.41, 5.74) is 4.76. The summed E-state index contributed by atoms with van der Waals surface area (Å²) in [4.78, 5) is 7.32. The maximum Gasteiger partial charge on any atom is 0.0705 e. The van der Waals surface area contributed by atoms with E-state index in [4.69, 9.17) is 4.98 Å². The molecule has 0 spiro atoms. The number of nitrogens with one attached hydrogen (secondary N) is 1. The van der Waals surface area contributed by atoms with Crippen molar-refractivity contribution < 1.29 is 0 Å². The van der Waals surface area contributed by atoms with Gasteiger partial charge in [0, 0.05) is 29.9 Å². The van der Waals surface area contributed by atoms with E-state index < -0.39 is 0 Å². The quantitative estimate of drug-likeness (QED) is 0.541. The molecule has 3 aromatic rings. The number of pyridine rings is 1. The average Bonchev–Trinajstić information content (AvgIpc) is 2.94. The summed E-state index contributed by atoms with van der Waals surface area (Å²) in [5, 5.41) is 6.20. The Morgan fingerprint density at radius 3 is 2.56 bits per heavy atom. The van der Waals surface area contributed by atoms with Crippen LogP contribution in [0, 0.1) is 6.92 Å². The van der Waals surface area contributed by atoms with Gasteiger partial charge in [0.15, 0.2) is 0 Å². The standard InChI is InChI=1S/C22H32N4.ClH/c1-5-26(6-2)14-10-9-13-23-16-18-15-20-19-11-7-8-12-21(19)25(4)22(20)17(3)24-18;/h7-8,11-12,15,23H,5-6,9-10,13-14,16H2,1-4H3;1H. The number of unbranched alkanes of at least 4 members (excludes halogenated alkanes) is 1. The molecule has 4 nitrogen and oxygen atoms in total. The maximum absolute atomic E-state index is 4.84. The van der Waals surface area contributed by atoms with Gasteiger partial charge >= 0.3 is 0 Å². The van der Waals surface area contributed by atoms with E-state index in [1.807, 2.05) is 0 Å². The Kier molecular flexibility index (Phi) is 8.08. The average molecular weight is 389 g/mol. The molecule has 1 N–H and O–H groups in total. The number of hydrogen-bond acceptors (Lipinski definition) is 3. The number of hydrogen-bond donors (Lipinski definition) is 1. The van der Waals surface area contributed by atoms with Crippen molar-refractivity contribution in [1.29, 1.82) is 0 Å². The summed E-state index contributed by atoms with van der Waals surface area (Å²) >= 11 is 0. The number of fused-ring (bicyclic) bond motifs is 3. The Hall–Kier alpha value is -1.62. The van der Waals surface area contributed by atoms with E-state index in [1.54, 1.807) is 0 Å². The van der Waals surface area contributed by atoms with Crippen LogP contribution in [0.15, 0.2) is 30.3 Å². The number of nitrogens with zero attached hydrogens (tertiary/aromatic N) is 3. The second kappa shape index (κ2) is 10.1. The Balaban J connectivity index is 0.00000261. The van der Waals surface area contributed by atoms with Crippen LogP contribution in [0.3, 0.4) is 0 Å². The van der Waals surface area contributed by atoms with E-state index in [9.17, 15) is 0 Å². The third-order valence-corrected chi connectivity index (χ3v) is 5.39. The van der Waals surface area contributed by atoms with Crippen molar-refractivity contribution in [3.05, 3.63) is 41.7 Å². The Bertz CT molecular complexity index is 867. The fourth-order valence-corrected chi connectivity index (χ4v) is 3.91. The molecule has 2 aromatic heterocycles. The Morgan fingerprint density at radius 1 is 1.07 bits per heavy atom. The number of rotatable bonds is 9. The molecule has 0 saturated heterocycles. The molecule has 0 amide bonds. The van der Waals surface area contributed by atoms with Crippen molar-refractivity contribution in [3.63, 3.8) is 0 Å². The van der Waals surface area contributed by atoms with Crippen molar-refractivity contribution in [2.45, 2.75) is 40.2 Å². The van der Waals surface area contributed by atoms with Crippen LogP contribution in [0.5, 0.6) is 0 Å². The van der Waals surface area contributed by atoms with Crippen molar-refractivity contribution in [2.24, 2.45) is 7.05 Å². The van der Waals surface area contributed by atoms with Crippen molar-refractivity contribution in [3.8, 4) is 0 Å². The SMILES string of the molecule is CCN(CC)CCCCNCc1cc2c3ccccc3n(C)c2c(C)n1.Cl. The van der Waals surface area contributed by atoms with Crippen LogP contribution < -0.4 is 5.32 Å². The van der Waals surface area contributed by atoms with Gasteiger partial charge in [0.25, 0.3) is 0 Å². The molecule has 0 aliphatic carbocycles. The number of para-hydroxylation sites is 1. The van der Waals surface area contributed by atoms with Gasteiger partial charge in [-0.2, -0.15) is 0 Å². The summed E-state index contributed by atoms with van der Waals surface area (Å²) in [5.74, 6) is 0. The summed E-state index contributed by atoms with van der Waals surface area (Å²) < 4.78 is 2.26. The van der Waals surface area contributed by atoms with Crippen LogP contribution in [-0.2, 0) is 13.6 Å². The van der Waals surface area contributed by atoms with Crippen LogP contribution >= 0.6 is 12.4 Å². The fraction of sp³-hybridized carbons (Fsp3) is 0.500.